The third kappa shape index (κ3) is 3.32. The van der Waals surface area contributed by atoms with E-state index >= 15 is 0 Å². The van der Waals surface area contributed by atoms with Crippen molar-refractivity contribution in [2.45, 2.75) is 50.6 Å². The monoisotopic (exact) mass is 382 g/mol. The van der Waals surface area contributed by atoms with Gasteiger partial charge in [0.1, 0.15) is 0 Å². The molecular weight excluding hydrogens is 352 g/mol. The van der Waals surface area contributed by atoms with Gasteiger partial charge in [0.2, 0.25) is 5.91 Å². The summed E-state index contributed by atoms with van der Waals surface area (Å²) in [6.45, 7) is 4.90. The minimum Gasteiger partial charge on any atom is -0.339 e. The van der Waals surface area contributed by atoms with Crippen molar-refractivity contribution in [3.8, 4) is 0 Å². The lowest BCUT2D eigenvalue weighted by Gasteiger charge is -2.54. The van der Waals surface area contributed by atoms with E-state index in [-0.39, 0.29) is 5.91 Å². The summed E-state index contributed by atoms with van der Waals surface area (Å²) in [5.74, 6) is 1.80. The number of nitrogens with zero attached hydrogens (tertiary/aromatic N) is 4. The molecule has 0 spiro atoms. The minimum atomic E-state index is 0.132. The first-order chi connectivity index (χ1) is 13.7. The molecule has 3 atom stereocenters. The summed E-state index contributed by atoms with van der Waals surface area (Å²) < 4.78 is 0. The predicted octanol–water partition coefficient (Wildman–Crippen LogP) is 2.02. The highest BCUT2D eigenvalue weighted by Crippen LogP contribution is 2.39. The average molecular weight is 383 g/mol. The number of amides is 2. The molecule has 4 aliphatic rings. The van der Waals surface area contributed by atoms with Gasteiger partial charge in [-0.05, 0) is 56.1 Å². The Labute approximate surface area is 166 Å². The van der Waals surface area contributed by atoms with Crippen LogP contribution in [0.2, 0.25) is 0 Å². The minimum absolute atomic E-state index is 0.132. The van der Waals surface area contributed by atoms with Crippen molar-refractivity contribution >= 4 is 11.8 Å². The van der Waals surface area contributed by atoms with Crippen LogP contribution in [0.3, 0.4) is 0 Å². The van der Waals surface area contributed by atoms with Crippen molar-refractivity contribution in [1.29, 1.82) is 0 Å². The maximum atomic E-state index is 12.7. The molecule has 5 heterocycles. The van der Waals surface area contributed by atoms with Crippen molar-refractivity contribution in [2.24, 2.45) is 11.8 Å². The molecule has 0 aromatic carbocycles. The van der Waals surface area contributed by atoms with E-state index in [1.165, 1.54) is 12.8 Å². The molecule has 4 fully saturated rings. The molecule has 1 aromatic heterocycles. The molecule has 5 rings (SSSR count). The van der Waals surface area contributed by atoms with Gasteiger partial charge in [-0.25, -0.2) is 0 Å². The largest absolute Gasteiger partial charge is 0.339 e. The zero-order valence-corrected chi connectivity index (χ0v) is 16.5. The lowest BCUT2D eigenvalue weighted by atomic mass is 9.75. The van der Waals surface area contributed by atoms with Gasteiger partial charge in [-0.3, -0.25) is 19.5 Å². The standard InChI is InChI=1S/C22H30N4O2/c27-21-3-1-2-20-18-12-16(14-26(20)21)13-25(15-18)19-6-10-24(11-7-19)22(28)17-4-8-23-9-5-17/h4-5,8-9,16,18-20H,1-3,6-7,10-15H2/t16?,18?,20-/m1/s1. The highest BCUT2D eigenvalue weighted by molar-refractivity contribution is 5.94. The van der Waals surface area contributed by atoms with Crippen molar-refractivity contribution < 1.29 is 9.59 Å². The first-order valence-corrected chi connectivity index (χ1v) is 10.9. The number of hydrogen-bond donors (Lipinski definition) is 0. The summed E-state index contributed by atoms with van der Waals surface area (Å²) in [7, 11) is 0. The van der Waals surface area contributed by atoms with Gasteiger partial charge in [-0.2, -0.15) is 0 Å². The van der Waals surface area contributed by atoms with E-state index in [9.17, 15) is 9.59 Å². The van der Waals surface area contributed by atoms with Gasteiger partial charge in [-0.1, -0.05) is 0 Å². The molecule has 6 nitrogen and oxygen atoms in total. The Balaban J connectivity index is 1.20. The number of likely N-dealkylation sites (tertiary alicyclic amines) is 2. The summed E-state index contributed by atoms with van der Waals surface area (Å²) in [5, 5.41) is 0. The van der Waals surface area contributed by atoms with E-state index in [4.69, 9.17) is 0 Å². The third-order valence-electron chi connectivity index (χ3n) is 7.40. The molecule has 2 amide bonds. The lowest BCUT2D eigenvalue weighted by molar-refractivity contribution is -0.145. The topological polar surface area (TPSA) is 56.8 Å². The number of fused-ring (bicyclic) bond motifs is 4. The molecule has 28 heavy (non-hydrogen) atoms. The van der Waals surface area contributed by atoms with E-state index in [1.54, 1.807) is 24.5 Å². The Kier molecular flexibility index (Phi) is 4.83. The number of piperidine rings is 4. The molecule has 6 heteroatoms. The van der Waals surface area contributed by atoms with Gasteiger partial charge in [0.05, 0.1) is 0 Å². The predicted molar refractivity (Wildman–Crippen MR) is 106 cm³/mol. The van der Waals surface area contributed by atoms with Gasteiger partial charge in [0.25, 0.3) is 5.91 Å². The second kappa shape index (κ2) is 7.47. The fourth-order valence-electron chi connectivity index (χ4n) is 6.06. The quantitative estimate of drug-likeness (QED) is 0.785. The molecule has 0 N–H and O–H groups in total. The number of pyridine rings is 1. The number of hydrogen-bond acceptors (Lipinski definition) is 4. The second-order valence-corrected chi connectivity index (χ2v) is 9.08. The van der Waals surface area contributed by atoms with Gasteiger partial charge < -0.3 is 9.80 Å². The van der Waals surface area contributed by atoms with Crippen LogP contribution in [-0.2, 0) is 4.79 Å². The van der Waals surface area contributed by atoms with Crippen LogP contribution in [0, 0.1) is 11.8 Å². The van der Waals surface area contributed by atoms with E-state index in [2.05, 4.69) is 14.8 Å². The molecule has 0 aliphatic carbocycles. The number of carbonyl (C=O) groups excluding carboxylic acids is 2. The highest BCUT2D eigenvalue weighted by Gasteiger charge is 2.45. The van der Waals surface area contributed by atoms with Crippen molar-refractivity contribution in [3.05, 3.63) is 30.1 Å². The van der Waals surface area contributed by atoms with Crippen LogP contribution in [0.5, 0.6) is 0 Å². The van der Waals surface area contributed by atoms with Crippen LogP contribution < -0.4 is 0 Å². The maximum Gasteiger partial charge on any atom is 0.253 e. The first kappa shape index (κ1) is 18.1. The first-order valence-electron chi connectivity index (χ1n) is 10.9. The van der Waals surface area contributed by atoms with Crippen LogP contribution in [0.1, 0.15) is 48.9 Å². The second-order valence-electron chi connectivity index (χ2n) is 9.08. The smallest absolute Gasteiger partial charge is 0.253 e. The van der Waals surface area contributed by atoms with E-state index in [0.29, 0.717) is 29.8 Å². The summed E-state index contributed by atoms with van der Waals surface area (Å²) >= 11 is 0. The fraction of sp³-hybridized carbons (Fsp3) is 0.682. The molecule has 4 aliphatic heterocycles. The zero-order valence-electron chi connectivity index (χ0n) is 16.5. The molecule has 0 radical (unpaired) electrons. The van der Waals surface area contributed by atoms with Crippen molar-refractivity contribution in [2.75, 3.05) is 32.7 Å². The Morgan fingerprint density at radius 3 is 2.61 bits per heavy atom. The maximum absolute atomic E-state index is 12.7. The van der Waals surface area contributed by atoms with Gasteiger partial charge in [0, 0.05) is 69.2 Å². The van der Waals surface area contributed by atoms with E-state index in [0.717, 1.165) is 64.0 Å². The molecule has 0 saturated carbocycles. The summed E-state index contributed by atoms with van der Waals surface area (Å²) in [6.07, 6.45) is 9.80. The molecule has 2 bridgehead atoms. The van der Waals surface area contributed by atoms with Gasteiger partial charge in [0.15, 0.2) is 0 Å². The fourth-order valence-corrected chi connectivity index (χ4v) is 6.06. The Bertz CT molecular complexity index is 731. The molecular formula is C22H30N4O2. The zero-order chi connectivity index (χ0) is 19.1. The van der Waals surface area contributed by atoms with E-state index < -0.39 is 0 Å². The van der Waals surface area contributed by atoms with Gasteiger partial charge in [-0.15, -0.1) is 0 Å². The summed E-state index contributed by atoms with van der Waals surface area (Å²) in [6, 6.07) is 4.67. The number of rotatable bonds is 2. The SMILES string of the molecule is O=C(c1ccncc1)N1CCC(N2CC3CC(C2)[C@H]2CCCC(=O)N2C3)CC1. The van der Waals surface area contributed by atoms with Crippen LogP contribution in [-0.4, -0.2) is 76.3 Å². The number of carbonyl (C=O) groups is 2. The summed E-state index contributed by atoms with van der Waals surface area (Å²) in [5.41, 5.74) is 0.739. The summed E-state index contributed by atoms with van der Waals surface area (Å²) in [4.78, 5) is 35.9. The van der Waals surface area contributed by atoms with Crippen LogP contribution in [0.25, 0.3) is 0 Å². The van der Waals surface area contributed by atoms with Crippen molar-refractivity contribution in [1.82, 2.24) is 19.7 Å². The van der Waals surface area contributed by atoms with Crippen LogP contribution >= 0.6 is 0 Å². The molecule has 4 saturated heterocycles. The molecule has 150 valence electrons. The Hall–Kier alpha value is -1.95. The lowest BCUT2D eigenvalue weighted by Crippen LogP contribution is -2.62. The number of aromatic nitrogens is 1. The Morgan fingerprint density at radius 1 is 1.04 bits per heavy atom. The molecule has 1 aromatic rings. The average Bonchev–Trinajstić information content (AvgIpc) is 2.75. The van der Waals surface area contributed by atoms with Crippen LogP contribution in [0.4, 0.5) is 0 Å². The normalized spacial score (nSPS) is 31.6. The van der Waals surface area contributed by atoms with E-state index in [1.807, 2.05) is 4.90 Å². The highest BCUT2D eigenvalue weighted by atomic mass is 16.2. The molecule has 2 unspecified atom stereocenters. The third-order valence-corrected chi connectivity index (χ3v) is 7.40. The Morgan fingerprint density at radius 2 is 1.82 bits per heavy atom. The van der Waals surface area contributed by atoms with Gasteiger partial charge >= 0.3 is 0 Å². The van der Waals surface area contributed by atoms with Crippen molar-refractivity contribution in [3.63, 3.8) is 0 Å². The van der Waals surface area contributed by atoms with Crippen LogP contribution in [0.15, 0.2) is 24.5 Å².